The predicted octanol–water partition coefficient (Wildman–Crippen LogP) is 10.9. The number of rotatable bonds is 10. The van der Waals surface area contributed by atoms with Gasteiger partial charge in [-0.2, -0.15) is 4.39 Å². The Morgan fingerprint density at radius 3 is 2.02 bits per heavy atom. The molecule has 1 heterocycles. The summed E-state index contributed by atoms with van der Waals surface area (Å²) in [5.74, 6) is 2.58. The van der Waals surface area contributed by atoms with Crippen molar-refractivity contribution in [2.24, 2.45) is 29.6 Å². The molecule has 2 nitrogen and oxygen atoms in total. The third-order valence-electron chi connectivity index (χ3n) is 10.4. The first-order chi connectivity index (χ1) is 20.1. The van der Waals surface area contributed by atoms with Gasteiger partial charge in [0.2, 0.25) is 5.82 Å². The maximum absolute atomic E-state index is 14.8. The average Bonchev–Trinajstić information content (AvgIpc) is 3.03. The van der Waals surface area contributed by atoms with E-state index in [9.17, 15) is 8.78 Å². The molecule has 224 valence electrons. The molecule has 0 radical (unpaired) electrons. The highest BCUT2D eigenvalue weighted by Crippen LogP contribution is 2.46. The molecule has 0 amide bonds. The molecule has 0 N–H and O–H groups in total. The summed E-state index contributed by atoms with van der Waals surface area (Å²) >= 11 is 0. The minimum atomic E-state index is -0.918. The van der Waals surface area contributed by atoms with Crippen molar-refractivity contribution in [1.29, 1.82) is 0 Å². The lowest BCUT2D eigenvalue weighted by molar-refractivity contribution is -0.0421. The number of benzene rings is 2. The van der Waals surface area contributed by atoms with E-state index in [-0.39, 0.29) is 17.4 Å². The van der Waals surface area contributed by atoms with Crippen LogP contribution < -0.4 is 4.74 Å². The van der Waals surface area contributed by atoms with Gasteiger partial charge in [-0.15, -0.1) is 0 Å². The molecule has 2 atom stereocenters. The van der Waals surface area contributed by atoms with Gasteiger partial charge >= 0.3 is 0 Å². The molecule has 0 bridgehead atoms. The van der Waals surface area contributed by atoms with Crippen LogP contribution in [0.2, 0.25) is 0 Å². The Bertz CT molecular complexity index is 1100. The van der Waals surface area contributed by atoms with Crippen molar-refractivity contribution in [2.75, 3.05) is 13.2 Å². The fraction of sp³-hybridized carbons (Fsp3) is 0.622. The standard InChI is InChI=1S/C37H50F2O2/c1-3-5-6-7-26-8-10-27(11-9-26)28-12-14-29(15-13-28)32-20-22-34(41-25-32)31-18-16-30(17-19-31)33-21-23-35(40-24-4-2)37(39)36(33)38/h3,5,16-19,21,23,26-29,32,34H,4,6-15,20,22,24-25H2,1-2H3/b5-3+. The molecule has 5 rings (SSSR count). The summed E-state index contributed by atoms with van der Waals surface area (Å²) in [7, 11) is 0. The predicted molar refractivity (Wildman–Crippen MR) is 164 cm³/mol. The molecule has 0 spiro atoms. The van der Waals surface area contributed by atoms with Crippen molar-refractivity contribution in [3.8, 4) is 16.9 Å². The Morgan fingerprint density at radius 2 is 1.41 bits per heavy atom. The zero-order chi connectivity index (χ0) is 28.6. The molecule has 2 aliphatic carbocycles. The highest BCUT2D eigenvalue weighted by Gasteiger charge is 2.35. The zero-order valence-electron chi connectivity index (χ0n) is 25.3. The van der Waals surface area contributed by atoms with Crippen LogP contribution in [0.3, 0.4) is 0 Å². The van der Waals surface area contributed by atoms with Gasteiger partial charge in [-0.25, -0.2) is 4.39 Å². The number of halogens is 2. The molecule has 3 fully saturated rings. The molecule has 0 aromatic heterocycles. The fourth-order valence-electron chi connectivity index (χ4n) is 7.90. The summed E-state index contributed by atoms with van der Waals surface area (Å²) < 4.78 is 41.0. The number of hydrogen-bond donors (Lipinski definition) is 0. The van der Waals surface area contributed by atoms with E-state index in [2.05, 4.69) is 19.1 Å². The van der Waals surface area contributed by atoms with Gasteiger partial charge in [0.15, 0.2) is 11.6 Å². The Labute approximate surface area is 246 Å². The highest BCUT2D eigenvalue weighted by molar-refractivity contribution is 5.65. The maximum Gasteiger partial charge on any atom is 0.201 e. The lowest BCUT2D eigenvalue weighted by Gasteiger charge is -2.41. The summed E-state index contributed by atoms with van der Waals surface area (Å²) in [5.41, 5.74) is 2.05. The van der Waals surface area contributed by atoms with Crippen LogP contribution in [0.15, 0.2) is 48.6 Å². The molecule has 2 aromatic carbocycles. The van der Waals surface area contributed by atoms with Crippen molar-refractivity contribution >= 4 is 0 Å². The van der Waals surface area contributed by atoms with E-state index in [1.165, 1.54) is 76.7 Å². The van der Waals surface area contributed by atoms with Gasteiger partial charge in [0.25, 0.3) is 0 Å². The molecule has 2 aromatic rings. The second-order valence-electron chi connectivity index (χ2n) is 13.0. The Hall–Kier alpha value is -2.20. The van der Waals surface area contributed by atoms with Crippen LogP contribution in [0.5, 0.6) is 5.75 Å². The second kappa shape index (κ2) is 14.8. The van der Waals surface area contributed by atoms with Gasteiger partial charge in [0.1, 0.15) is 0 Å². The quantitative estimate of drug-likeness (QED) is 0.267. The third-order valence-corrected chi connectivity index (χ3v) is 10.4. The van der Waals surface area contributed by atoms with Crippen LogP contribution in [0.1, 0.15) is 109 Å². The van der Waals surface area contributed by atoms with Crippen LogP contribution in [0.25, 0.3) is 11.1 Å². The van der Waals surface area contributed by atoms with Gasteiger partial charge in [-0.05, 0) is 130 Å². The molecule has 2 unspecified atom stereocenters. The van der Waals surface area contributed by atoms with Crippen molar-refractivity contribution in [2.45, 2.75) is 103 Å². The van der Waals surface area contributed by atoms with Gasteiger partial charge in [-0.3, -0.25) is 0 Å². The fourth-order valence-corrected chi connectivity index (χ4v) is 7.90. The van der Waals surface area contributed by atoms with Gasteiger partial charge in [-0.1, -0.05) is 56.2 Å². The molecule has 4 heteroatoms. The molecule has 1 saturated heterocycles. The largest absolute Gasteiger partial charge is 0.490 e. The normalized spacial score (nSPS) is 29.1. The van der Waals surface area contributed by atoms with Gasteiger partial charge < -0.3 is 9.47 Å². The minimum absolute atomic E-state index is 0.0262. The smallest absolute Gasteiger partial charge is 0.201 e. The lowest BCUT2D eigenvalue weighted by Crippen LogP contribution is -2.32. The van der Waals surface area contributed by atoms with Crippen LogP contribution in [-0.4, -0.2) is 13.2 Å². The Morgan fingerprint density at radius 1 is 0.780 bits per heavy atom. The first-order valence-corrected chi connectivity index (χ1v) is 16.5. The van der Waals surface area contributed by atoms with Gasteiger partial charge in [0.05, 0.1) is 19.3 Å². The zero-order valence-corrected chi connectivity index (χ0v) is 25.3. The van der Waals surface area contributed by atoms with Crippen molar-refractivity contribution < 1.29 is 18.3 Å². The number of allylic oxidation sites excluding steroid dienone is 2. The van der Waals surface area contributed by atoms with Crippen molar-refractivity contribution in [1.82, 2.24) is 0 Å². The molecule has 41 heavy (non-hydrogen) atoms. The third kappa shape index (κ3) is 7.61. The average molecular weight is 565 g/mol. The monoisotopic (exact) mass is 564 g/mol. The summed E-state index contributed by atoms with van der Waals surface area (Å²) in [4.78, 5) is 0. The van der Waals surface area contributed by atoms with Crippen molar-refractivity contribution in [3.63, 3.8) is 0 Å². The van der Waals surface area contributed by atoms with E-state index in [0.717, 1.165) is 48.7 Å². The molecule has 1 aliphatic heterocycles. The first kappa shape index (κ1) is 30.3. The molecule has 3 aliphatic rings. The topological polar surface area (TPSA) is 18.5 Å². The van der Waals surface area contributed by atoms with Crippen molar-refractivity contribution in [3.05, 3.63) is 65.7 Å². The maximum atomic E-state index is 14.8. The van der Waals surface area contributed by atoms with E-state index in [1.54, 1.807) is 6.07 Å². The molecule has 2 saturated carbocycles. The van der Waals surface area contributed by atoms with Crippen LogP contribution in [0.4, 0.5) is 8.78 Å². The highest BCUT2D eigenvalue weighted by atomic mass is 19.2. The summed E-state index contributed by atoms with van der Waals surface area (Å²) in [6.07, 6.45) is 21.7. The van der Waals surface area contributed by atoms with E-state index in [0.29, 0.717) is 18.1 Å². The summed E-state index contributed by atoms with van der Waals surface area (Å²) in [6, 6.07) is 10.9. The molecular formula is C37H50F2O2. The van der Waals surface area contributed by atoms with Gasteiger partial charge in [0, 0.05) is 5.56 Å². The van der Waals surface area contributed by atoms with E-state index >= 15 is 0 Å². The van der Waals surface area contributed by atoms with E-state index in [1.807, 2.05) is 31.2 Å². The van der Waals surface area contributed by atoms with E-state index in [4.69, 9.17) is 9.47 Å². The van der Waals surface area contributed by atoms with Crippen LogP contribution >= 0.6 is 0 Å². The Balaban J connectivity index is 1.06. The molecular weight excluding hydrogens is 514 g/mol. The second-order valence-corrected chi connectivity index (χ2v) is 13.0. The number of ether oxygens (including phenoxy) is 2. The minimum Gasteiger partial charge on any atom is -0.490 e. The first-order valence-electron chi connectivity index (χ1n) is 16.5. The van der Waals surface area contributed by atoms with E-state index < -0.39 is 11.6 Å². The lowest BCUT2D eigenvalue weighted by atomic mass is 9.66. The van der Waals surface area contributed by atoms with Crippen LogP contribution in [-0.2, 0) is 4.74 Å². The number of hydrogen-bond acceptors (Lipinski definition) is 2. The summed E-state index contributed by atoms with van der Waals surface area (Å²) in [5, 5.41) is 0. The SMILES string of the molecule is C/C=C/CCC1CCC(C2CCC(C3CCC(c4ccc(-c5ccc(OCCC)c(F)c5F)cc4)OC3)CC2)CC1. The van der Waals surface area contributed by atoms with Crippen LogP contribution in [0, 0.1) is 41.2 Å². The summed E-state index contributed by atoms with van der Waals surface area (Å²) in [6.45, 7) is 5.28. The Kier molecular flexibility index (Phi) is 10.9.